The lowest BCUT2D eigenvalue weighted by Crippen LogP contribution is -1.92. The summed E-state index contributed by atoms with van der Waals surface area (Å²) in [5.74, 6) is -0.292. The molecule has 0 aliphatic heterocycles. The molecular formula is C12H12N2O2S. The van der Waals surface area contributed by atoms with E-state index in [1.807, 2.05) is 24.3 Å². The van der Waals surface area contributed by atoms with Crippen LogP contribution >= 0.6 is 11.8 Å². The molecule has 5 heteroatoms. The maximum Gasteiger partial charge on any atom is 0.328 e. The van der Waals surface area contributed by atoms with Crippen LogP contribution in [0.5, 0.6) is 0 Å². The number of rotatable bonds is 4. The van der Waals surface area contributed by atoms with Gasteiger partial charge in [-0.1, -0.05) is 29.5 Å². The highest BCUT2D eigenvalue weighted by Crippen LogP contribution is 2.20. The van der Waals surface area contributed by atoms with Gasteiger partial charge < -0.3 is 10.1 Å². The molecule has 0 aliphatic carbocycles. The minimum absolute atomic E-state index is 0.617. The molecule has 2 aromatic rings. The van der Waals surface area contributed by atoms with Crippen LogP contribution in [0.2, 0.25) is 0 Å². The molecule has 0 unspecified atom stereocenters. The first-order chi connectivity index (χ1) is 8.15. The lowest BCUT2D eigenvalue weighted by molar-refractivity contribution is -0.131. The number of nitrogens with zero attached hydrogens (tertiary/aromatic N) is 1. The third-order valence-electron chi connectivity index (χ3n) is 2.17. The zero-order valence-electron chi connectivity index (χ0n) is 9.30. The summed E-state index contributed by atoms with van der Waals surface area (Å²) in [7, 11) is 0. The molecule has 4 nitrogen and oxygen atoms in total. The van der Waals surface area contributed by atoms with Crippen LogP contribution in [-0.4, -0.2) is 26.8 Å². The van der Waals surface area contributed by atoms with E-state index in [1.165, 1.54) is 17.8 Å². The second-order valence-electron chi connectivity index (χ2n) is 3.68. The lowest BCUT2D eigenvalue weighted by Gasteiger charge is -1.96. The number of aromatic nitrogens is 2. The first kappa shape index (κ1) is 11.7. The molecule has 0 aliphatic rings. The number of H-pyrrole nitrogens is 1. The van der Waals surface area contributed by atoms with Crippen LogP contribution in [0.4, 0.5) is 0 Å². The molecule has 0 saturated heterocycles. The number of hydrogen-bond donors (Lipinski definition) is 2. The van der Waals surface area contributed by atoms with E-state index >= 15 is 0 Å². The van der Waals surface area contributed by atoms with Crippen molar-refractivity contribution >= 4 is 28.8 Å². The topological polar surface area (TPSA) is 66.0 Å². The van der Waals surface area contributed by atoms with Gasteiger partial charge in [-0.05, 0) is 19.1 Å². The summed E-state index contributed by atoms with van der Waals surface area (Å²) >= 11 is 1.50. The Balaban J connectivity index is 2.06. The number of aromatic amines is 1. The molecule has 0 fully saturated rings. The fraction of sp³-hybridized carbons (Fsp3) is 0.167. The third kappa shape index (κ3) is 3.10. The molecule has 2 rings (SSSR count). The molecule has 0 spiro atoms. The minimum Gasteiger partial charge on any atom is -0.478 e. The summed E-state index contributed by atoms with van der Waals surface area (Å²) in [5, 5.41) is 9.40. The third-order valence-corrected chi connectivity index (χ3v) is 3.24. The largest absolute Gasteiger partial charge is 0.478 e. The van der Waals surface area contributed by atoms with Gasteiger partial charge in [-0.3, -0.25) is 0 Å². The van der Waals surface area contributed by atoms with E-state index in [2.05, 4.69) is 9.97 Å². The highest BCUT2D eigenvalue weighted by Gasteiger charge is 2.03. The Hall–Kier alpha value is -1.75. The summed E-state index contributed by atoms with van der Waals surface area (Å²) in [6.07, 6.45) is 1.22. The molecule has 1 aromatic heterocycles. The van der Waals surface area contributed by atoms with Crippen molar-refractivity contribution in [3.05, 3.63) is 35.9 Å². The molecule has 1 aromatic carbocycles. The first-order valence-corrected chi connectivity index (χ1v) is 6.11. The Morgan fingerprint density at radius 3 is 3.00 bits per heavy atom. The zero-order chi connectivity index (χ0) is 12.3. The zero-order valence-corrected chi connectivity index (χ0v) is 10.1. The van der Waals surface area contributed by atoms with E-state index in [1.54, 1.807) is 6.92 Å². The standard InChI is InChI=1S/C12H12N2O2S/c1-8(6-11(15)16)7-17-12-13-9-4-2-3-5-10(9)14-12/h2-6H,7H2,1H3,(H,13,14)(H,15,16). The number of imidazole rings is 1. The van der Waals surface area contributed by atoms with Gasteiger partial charge >= 0.3 is 5.97 Å². The van der Waals surface area contributed by atoms with Crippen LogP contribution in [0.1, 0.15) is 6.92 Å². The van der Waals surface area contributed by atoms with Gasteiger partial charge in [0.2, 0.25) is 0 Å². The molecule has 17 heavy (non-hydrogen) atoms. The average Bonchev–Trinajstić information content (AvgIpc) is 2.68. The number of carboxylic acids is 1. The number of hydrogen-bond acceptors (Lipinski definition) is 3. The van der Waals surface area contributed by atoms with Crippen molar-refractivity contribution in [2.24, 2.45) is 0 Å². The normalized spacial score (nSPS) is 11.9. The molecule has 0 radical (unpaired) electrons. The Morgan fingerprint density at radius 2 is 2.29 bits per heavy atom. The van der Waals surface area contributed by atoms with Crippen molar-refractivity contribution in [1.29, 1.82) is 0 Å². The van der Waals surface area contributed by atoms with Gasteiger partial charge in [0.1, 0.15) is 0 Å². The van der Waals surface area contributed by atoms with Crippen molar-refractivity contribution in [2.75, 3.05) is 5.75 Å². The summed E-state index contributed by atoms with van der Waals surface area (Å²) in [6.45, 7) is 1.80. The average molecular weight is 248 g/mol. The SMILES string of the molecule is CC(=CC(=O)O)CSc1nc2ccccc2[nH]1. The second kappa shape index (κ2) is 5.05. The fourth-order valence-corrected chi connectivity index (χ4v) is 2.23. The minimum atomic E-state index is -0.910. The Labute approximate surface area is 103 Å². The summed E-state index contributed by atoms with van der Waals surface area (Å²) in [6, 6.07) is 7.79. The first-order valence-electron chi connectivity index (χ1n) is 5.13. The molecule has 88 valence electrons. The van der Waals surface area contributed by atoms with Crippen molar-refractivity contribution < 1.29 is 9.90 Å². The van der Waals surface area contributed by atoms with E-state index in [-0.39, 0.29) is 0 Å². The Kier molecular flexibility index (Phi) is 3.49. The number of fused-ring (bicyclic) bond motifs is 1. The van der Waals surface area contributed by atoms with Gasteiger partial charge in [0.05, 0.1) is 11.0 Å². The maximum atomic E-state index is 10.5. The highest BCUT2D eigenvalue weighted by molar-refractivity contribution is 7.99. The molecule has 1 heterocycles. The van der Waals surface area contributed by atoms with Gasteiger partial charge in [-0.2, -0.15) is 0 Å². The monoisotopic (exact) mass is 248 g/mol. The Morgan fingerprint density at radius 1 is 1.53 bits per heavy atom. The van der Waals surface area contributed by atoms with Crippen LogP contribution in [0, 0.1) is 0 Å². The van der Waals surface area contributed by atoms with Crippen molar-refractivity contribution in [3.8, 4) is 0 Å². The van der Waals surface area contributed by atoms with E-state index in [4.69, 9.17) is 5.11 Å². The molecule has 2 N–H and O–H groups in total. The van der Waals surface area contributed by atoms with Crippen LogP contribution in [0.3, 0.4) is 0 Å². The smallest absolute Gasteiger partial charge is 0.328 e. The number of aliphatic carboxylic acids is 1. The lowest BCUT2D eigenvalue weighted by atomic mass is 10.3. The summed E-state index contributed by atoms with van der Waals surface area (Å²) < 4.78 is 0. The number of para-hydroxylation sites is 2. The van der Waals surface area contributed by atoms with E-state index < -0.39 is 5.97 Å². The van der Waals surface area contributed by atoms with Crippen LogP contribution in [0.15, 0.2) is 41.1 Å². The van der Waals surface area contributed by atoms with Gasteiger partial charge in [0.25, 0.3) is 0 Å². The van der Waals surface area contributed by atoms with Crippen molar-refractivity contribution in [1.82, 2.24) is 9.97 Å². The van der Waals surface area contributed by atoms with Crippen molar-refractivity contribution in [2.45, 2.75) is 12.1 Å². The number of thioether (sulfide) groups is 1. The Bertz CT molecular complexity index is 542. The number of carboxylic acid groups (broad SMARTS) is 1. The number of benzene rings is 1. The second-order valence-corrected chi connectivity index (χ2v) is 4.64. The molecular weight excluding hydrogens is 236 g/mol. The highest BCUT2D eigenvalue weighted by atomic mass is 32.2. The van der Waals surface area contributed by atoms with Gasteiger partial charge in [0, 0.05) is 11.8 Å². The van der Waals surface area contributed by atoms with Crippen molar-refractivity contribution in [3.63, 3.8) is 0 Å². The van der Waals surface area contributed by atoms with Crippen LogP contribution in [-0.2, 0) is 4.79 Å². The quantitative estimate of drug-likeness (QED) is 0.645. The molecule has 0 saturated carbocycles. The summed E-state index contributed by atoms with van der Waals surface area (Å²) in [4.78, 5) is 18.0. The van der Waals surface area contributed by atoms with Gasteiger partial charge in [-0.25, -0.2) is 9.78 Å². The van der Waals surface area contributed by atoms with Gasteiger partial charge in [0.15, 0.2) is 5.16 Å². The maximum absolute atomic E-state index is 10.5. The van der Waals surface area contributed by atoms with Crippen LogP contribution < -0.4 is 0 Å². The van der Waals surface area contributed by atoms with E-state index in [0.29, 0.717) is 5.75 Å². The summed E-state index contributed by atoms with van der Waals surface area (Å²) in [5.41, 5.74) is 2.73. The fourth-order valence-electron chi connectivity index (χ4n) is 1.43. The predicted molar refractivity (Wildman–Crippen MR) is 68.2 cm³/mol. The predicted octanol–water partition coefficient (Wildman–Crippen LogP) is 2.69. The van der Waals surface area contributed by atoms with E-state index in [9.17, 15) is 4.79 Å². The number of carbonyl (C=O) groups is 1. The number of nitrogens with one attached hydrogen (secondary N) is 1. The van der Waals surface area contributed by atoms with Crippen LogP contribution in [0.25, 0.3) is 11.0 Å². The van der Waals surface area contributed by atoms with E-state index in [0.717, 1.165) is 21.8 Å². The molecule has 0 amide bonds. The molecule has 0 atom stereocenters. The van der Waals surface area contributed by atoms with Gasteiger partial charge in [-0.15, -0.1) is 0 Å². The molecule has 0 bridgehead atoms.